The molecule has 2 amide bonds. The van der Waals surface area contributed by atoms with Gasteiger partial charge in [0.05, 0.1) is 25.5 Å². The van der Waals surface area contributed by atoms with Gasteiger partial charge in [0.1, 0.15) is 5.75 Å². The fourth-order valence-corrected chi connectivity index (χ4v) is 2.68. The largest absolute Gasteiger partial charge is 0.493 e. The van der Waals surface area contributed by atoms with E-state index in [0.717, 1.165) is 0 Å². The van der Waals surface area contributed by atoms with Crippen LogP contribution in [0, 0.1) is 0 Å². The third kappa shape index (κ3) is 5.63. The van der Waals surface area contributed by atoms with Crippen LogP contribution in [0.5, 0.6) is 17.2 Å². The Bertz CT molecular complexity index is 860. The molecule has 29 heavy (non-hydrogen) atoms. The summed E-state index contributed by atoms with van der Waals surface area (Å²) >= 11 is 0. The van der Waals surface area contributed by atoms with E-state index in [-0.39, 0.29) is 12.5 Å². The summed E-state index contributed by atoms with van der Waals surface area (Å²) in [5, 5.41) is 2.73. The number of nitrogens with zero attached hydrogens (tertiary/aromatic N) is 1. The number of benzene rings is 2. The Balaban J connectivity index is 2.16. The highest BCUT2D eigenvalue weighted by Gasteiger charge is 2.20. The minimum atomic E-state index is -0.391. The van der Waals surface area contributed by atoms with Crippen molar-refractivity contribution < 1.29 is 23.8 Å². The smallest absolute Gasteiger partial charge is 0.262 e. The van der Waals surface area contributed by atoms with Gasteiger partial charge in [-0.3, -0.25) is 9.59 Å². The van der Waals surface area contributed by atoms with E-state index in [0.29, 0.717) is 34.4 Å². The molecule has 0 saturated carbocycles. The fourth-order valence-electron chi connectivity index (χ4n) is 2.68. The molecule has 0 aliphatic carbocycles. The molecule has 7 nitrogen and oxygen atoms in total. The summed E-state index contributed by atoms with van der Waals surface area (Å²) in [7, 11) is 6.24. The molecule has 0 unspecified atom stereocenters. The van der Waals surface area contributed by atoms with Gasteiger partial charge in [0.2, 0.25) is 0 Å². The van der Waals surface area contributed by atoms with Crippen LogP contribution in [-0.2, 0) is 4.79 Å². The van der Waals surface area contributed by atoms with Crippen molar-refractivity contribution in [3.63, 3.8) is 0 Å². The standard InChI is InChI=1S/C22H28N2O5/c1-14(2)15-7-9-16(10-8-15)29-13-21(25)23-18-12-20(28-6)19(27-5)11-17(18)22(26)24(3)4/h7-12,14H,13H2,1-6H3,(H,23,25). The average molecular weight is 400 g/mol. The normalized spacial score (nSPS) is 10.4. The van der Waals surface area contributed by atoms with E-state index in [1.165, 1.54) is 24.7 Å². The highest BCUT2D eigenvalue weighted by molar-refractivity contribution is 6.04. The summed E-state index contributed by atoms with van der Waals surface area (Å²) in [5.41, 5.74) is 1.81. The number of anilines is 1. The van der Waals surface area contributed by atoms with E-state index in [2.05, 4.69) is 19.2 Å². The second-order valence-electron chi connectivity index (χ2n) is 7.01. The van der Waals surface area contributed by atoms with Gasteiger partial charge < -0.3 is 24.4 Å². The maximum atomic E-state index is 12.5. The highest BCUT2D eigenvalue weighted by Crippen LogP contribution is 2.34. The topological polar surface area (TPSA) is 77.1 Å². The summed E-state index contributed by atoms with van der Waals surface area (Å²) in [6.07, 6.45) is 0. The molecule has 0 radical (unpaired) electrons. The van der Waals surface area contributed by atoms with E-state index < -0.39 is 5.91 Å². The van der Waals surface area contributed by atoms with Crippen LogP contribution in [0.25, 0.3) is 0 Å². The molecule has 2 aromatic rings. The van der Waals surface area contributed by atoms with E-state index in [4.69, 9.17) is 14.2 Å². The molecule has 0 heterocycles. The molecular weight excluding hydrogens is 372 g/mol. The fraction of sp³-hybridized carbons (Fsp3) is 0.364. The number of rotatable bonds is 8. The van der Waals surface area contributed by atoms with Crippen LogP contribution in [-0.4, -0.2) is 51.6 Å². The third-order valence-corrected chi connectivity index (χ3v) is 4.35. The molecule has 0 saturated heterocycles. The minimum Gasteiger partial charge on any atom is -0.493 e. The number of hydrogen-bond donors (Lipinski definition) is 1. The van der Waals surface area contributed by atoms with Gasteiger partial charge in [-0.1, -0.05) is 26.0 Å². The van der Waals surface area contributed by atoms with Crippen LogP contribution in [0.2, 0.25) is 0 Å². The minimum absolute atomic E-state index is 0.190. The number of ether oxygens (including phenoxy) is 3. The van der Waals surface area contributed by atoms with Crippen molar-refractivity contribution in [2.24, 2.45) is 0 Å². The quantitative estimate of drug-likeness (QED) is 0.733. The number of amides is 2. The van der Waals surface area contributed by atoms with Crippen LogP contribution in [0.3, 0.4) is 0 Å². The molecule has 0 aliphatic rings. The first-order valence-electron chi connectivity index (χ1n) is 9.27. The van der Waals surface area contributed by atoms with Gasteiger partial charge in [0.15, 0.2) is 18.1 Å². The Morgan fingerprint density at radius 2 is 1.59 bits per heavy atom. The number of carbonyl (C=O) groups excluding carboxylic acids is 2. The van der Waals surface area contributed by atoms with Crippen molar-refractivity contribution in [2.45, 2.75) is 19.8 Å². The second-order valence-corrected chi connectivity index (χ2v) is 7.01. The number of nitrogens with one attached hydrogen (secondary N) is 1. The lowest BCUT2D eigenvalue weighted by molar-refractivity contribution is -0.118. The lowest BCUT2D eigenvalue weighted by Gasteiger charge is -2.18. The summed E-state index contributed by atoms with van der Waals surface area (Å²) in [4.78, 5) is 26.4. The van der Waals surface area contributed by atoms with E-state index in [1.54, 1.807) is 26.2 Å². The van der Waals surface area contributed by atoms with E-state index in [1.807, 2.05) is 24.3 Å². The number of methoxy groups -OCH3 is 2. The maximum absolute atomic E-state index is 12.5. The van der Waals surface area contributed by atoms with Gasteiger partial charge in [-0.2, -0.15) is 0 Å². The van der Waals surface area contributed by atoms with Crippen LogP contribution < -0.4 is 19.5 Å². The summed E-state index contributed by atoms with van der Waals surface area (Å²) in [6, 6.07) is 10.7. The Hall–Kier alpha value is -3.22. The molecule has 0 aliphatic heterocycles. The van der Waals surface area contributed by atoms with Gasteiger partial charge in [-0.25, -0.2) is 0 Å². The summed E-state index contributed by atoms with van der Waals surface area (Å²) in [5.74, 6) is 1.16. The van der Waals surface area contributed by atoms with E-state index >= 15 is 0 Å². The molecule has 0 atom stereocenters. The molecule has 1 N–H and O–H groups in total. The first-order valence-corrected chi connectivity index (χ1v) is 9.27. The average Bonchev–Trinajstić information content (AvgIpc) is 2.71. The van der Waals surface area contributed by atoms with Gasteiger partial charge in [0.25, 0.3) is 11.8 Å². The first kappa shape index (κ1) is 22.1. The zero-order valence-corrected chi connectivity index (χ0v) is 17.7. The summed E-state index contributed by atoms with van der Waals surface area (Å²) in [6.45, 7) is 4.03. The lowest BCUT2D eigenvalue weighted by atomic mass is 10.0. The molecule has 0 spiro atoms. The van der Waals surface area contributed by atoms with Gasteiger partial charge in [-0.15, -0.1) is 0 Å². The molecule has 0 aromatic heterocycles. The zero-order chi connectivity index (χ0) is 21.6. The van der Waals surface area contributed by atoms with Crippen molar-refractivity contribution >= 4 is 17.5 Å². The van der Waals surface area contributed by atoms with Crippen molar-refractivity contribution in [3.05, 3.63) is 47.5 Å². The molecule has 156 valence electrons. The van der Waals surface area contributed by atoms with E-state index in [9.17, 15) is 9.59 Å². The van der Waals surface area contributed by atoms with Gasteiger partial charge in [-0.05, 0) is 29.7 Å². The number of carbonyl (C=O) groups is 2. The zero-order valence-electron chi connectivity index (χ0n) is 17.7. The molecular formula is C22H28N2O5. The summed E-state index contributed by atoms with van der Waals surface area (Å²) < 4.78 is 16.1. The predicted molar refractivity (Wildman–Crippen MR) is 112 cm³/mol. The predicted octanol–water partition coefficient (Wildman–Crippen LogP) is 3.55. The molecule has 7 heteroatoms. The van der Waals surface area contributed by atoms with Crippen LogP contribution in [0.4, 0.5) is 5.69 Å². The molecule has 2 aromatic carbocycles. The Labute approximate surface area is 171 Å². The Morgan fingerprint density at radius 3 is 2.10 bits per heavy atom. The highest BCUT2D eigenvalue weighted by atomic mass is 16.5. The Morgan fingerprint density at radius 1 is 1.00 bits per heavy atom. The van der Waals surface area contributed by atoms with Crippen LogP contribution >= 0.6 is 0 Å². The van der Waals surface area contributed by atoms with Crippen LogP contribution in [0.1, 0.15) is 35.7 Å². The second kappa shape index (κ2) is 9.82. The van der Waals surface area contributed by atoms with Gasteiger partial charge in [0, 0.05) is 20.2 Å². The van der Waals surface area contributed by atoms with Crippen LogP contribution in [0.15, 0.2) is 36.4 Å². The maximum Gasteiger partial charge on any atom is 0.262 e. The molecule has 0 bridgehead atoms. The monoisotopic (exact) mass is 400 g/mol. The Kier molecular flexibility index (Phi) is 7.47. The first-order chi connectivity index (χ1) is 13.8. The molecule has 0 fully saturated rings. The van der Waals surface area contributed by atoms with Crippen molar-refractivity contribution in [2.75, 3.05) is 40.2 Å². The lowest BCUT2D eigenvalue weighted by Crippen LogP contribution is -2.26. The van der Waals surface area contributed by atoms with Crippen molar-refractivity contribution in [1.29, 1.82) is 0 Å². The van der Waals surface area contributed by atoms with Crippen molar-refractivity contribution in [1.82, 2.24) is 4.90 Å². The third-order valence-electron chi connectivity index (χ3n) is 4.35. The SMILES string of the molecule is COc1cc(NC(=O)COc2ccc(C(C)C)cc2)c(C(=O)N(C)C)cc1OC. The van der Waals surface area contributed by atoms with Gasteiger partial charge >= 0.3 is 0 Å². The molecule has 2 rings (SSSR count). The number of hydrogen-bond acceptors (Lipinski definition) is 5. The van der Waals surface area contributed by atoms with Crippen molar-refractivity contribution in [3.8, 4) is 17.2 Å².